The molecule has 0 saturated heterocycles. The number of hydrogen-bond acceptors (Lipinski definition) is 5. The molecule has 0 aliphatic rings. The van der Waals surface area contributed by atoms with Crippen LogP contribution in [-0.4, -0.2) is 17.0 Å². The summed E-state index contributed by atoms with van der Waals surface area (Å²) in [6.45, 7) is 0. The number of benzene rings is 1. The molecule has 1 aromatic heterocycles. The maximum absolute atomic E-state index is 13.6. The molecule has 1 heterocycles. The summed E-state index contributed by atoms with van der Waals surface area (Å²) in [6.07, 6.45) is 0. The van der Waals surface area contributed by atoms with Gasteiger partial charge in [0.1, 0.15) is 5.82 Å². The minimum Gasteiger partial charge on any atom is -0.430 e. The molecule has 0 unspecified atom stereocenters. The van der Waals surface area contributed by atoms with Crippen LogP contribution in [0.3, 0.4) is 0 Å². The molecule has 2 aromatic rings. The SMILES string of the molecule is CNc1ccc([N+](=O)[O-])c(Oc2cc(Br)ccc2F)n1. The first-order valence-corrected chi connectivity index (χ1v) is 6.26. The third-order valence-electron chi connectivity index (χ3n) is 2.39. The molecular formula is C12H9BrFN3O3. The maximum Gasteiger partial charge on any atom is 0.331 e. The number of anilines is 1. The molecular weight excluding hydrogens is 333 g/mol. The molecule has 0 spiro atoms. The lowest BCUT2D eigenvalue weighted by Gasteiger charge is -2.08. The van der Waals surface area contributed by atoms with Crippen LogP contribution in [0.2, 0.25) is 0 Å². The van der Waals surface area contributed by atoms with Crippen LogP contribution in [-0.2, 0) is 0 Å². The zero-order chi connectivity index (χ0) is 14.7. The van der Waals surface area contributed by atoms with Gasteiger partial charge in [-0.3, -0.25) is 10.1 Å². The fraction of sp³-hybridized carbons (Fsp3) is 0.0833. The van der Waals surface area contributed by atoms with Gasteiger partial charge in [-0.25, -0.2) is 4.39 Å². The standard InChI is InChI=1S/C12H9BrFN3O3/c1-15-11-5-4-9(17(18)19)12(16-11)20-10-6-7(13)2-3-8(10)14/h2-6H,1H3,(H,15,16). The van der Waals surface area contributed by atoms with Crippen molar-refractivity contribution in [2.75, 3.05) is 12.4 Å². The molecule has 0 aliphatic carbocycles. The number of aromatic nitrogens is 1. The van der Waals surface area contributed by atoms with Gasteiger partial charge in [0.25, 0.3) is 0 Å². The minimum atomic E-state index is -0.641. The number of nitro groups is 1. The highest BCUT2D eigenvalue weighted by Gasteiger charge is 2.19. The zero-order valence-corrected chi connectivity index (χ0v) is 11.8. The van der Waals surface area contributed by atoms with E-state index in [2.05, 4.69) is 26.2 Å². The Morgan fingerprint density at radius 1 is 1.40 bits per heavy atom. The van der Waals surface area contributed by atoms with E-state index in [1.54, 1.807) is 7.05 Å². The molecule has 6 nitrogen and oxygen atoms in total. The fourth-order valence-electron chi connectivity index (χ4n) is 1.45. The molecule has 2 rings (SSSR count). The first kappa shape index (κ1) is 14.2. The molecule has 20 heavy (non-hydrogen) atoms. The van der Waals surface area contributed by atoms with Crippen LogP contribution in [0.1, 0.15) is 0 Å². The average molecular weight is 342 g/mol. The molecule has 8 heteroatoms. The quantitative estimate of drug-likeness (QED) is 0.677. The Kier molecular flexibility index (Phi) is 4.14. The fourth-order valence-corrected chi connectivity index (χ4v) is 1.79. The van der Waals surface area contributed by atoms with Gasteiger partial charge in [0.15, 0.2) is 11.6 Å². The molecule has 0 amide bonds. The van der Waals surface area contributed by atoms with Gasteiger partial charge in [-0.05, 0) is 24.3 Å². The second-order valence-electron chi connectivity index (χ2n) is 3.70. The summed E-state index contributed by atoms with van der Waals surface area (Å²) in [4.78, 5) is 14.2. The van der Waals surface area contributed by atoms with Crippen LogP contribution in [0.4, 0.5) is 15.9 Å². The van der Waals surface area contributed by atoms with E-state index in [0.717, 1.165) is 0 Å². The van der Waals surface area contributed by atoms with E-state index in [1.807, 2.05) is 0 Å². The van der Waals surface area contributed by atoms with Crippen LogP contribution in [0.25, 0.3) is 0 Å². The third kappa shape index (κ3) is 3.02. The molecule has 1 N–H and O–H groups in total. The maximum atomic E-state index is 13.6. The van der Waals surface area contributed by atoms with Gasteiger partial charge in [-0.1, -0.05) is 15.9 Å². The summed E-state index contributed by atoms with van der Waals surface area (Å²) < 4.78 is 19.4. The second-order valence-corrected chi connectivity index (χ2v) is 4.62. The monoisotopic (exact) mass is 341 g/mol. The van der Waals surface area contributed by atoms with Gasteiger partial charge in [-0.15, -0.1) is 0 Å². The molecule has 0 atom stereocenters. The Morgan fingerprint density at radius 2 is 2.15 bits per heavy atom. The molecule has 0 saturated carbocycles. The molecule has 0 bridgehead atoms. The van der Waals surface area contributed by atoms with E-state index >= 15 is 0 Å². The third-order valence-corrected chi connectivity index (χ3v) is 2.89. The summed E-state index contributed by atoms with van der Waals surface area (Å²) in [6, 6.07) is 6.72. The summed E-state index contributed by atoms with van der Waals surface area (Å²) in [5.41, 5.74) is -0.344. The Morgan fingerprint density at radius 3 is 2.80 bits per heavy atom. The molecule has 104 valence electrons. The van der Waals surface area contributed by atoms with Crippen molar-refractivity contribution in [1.29, 1.82) is 0 Å². The Hall–Kier alpha value is -2.22. The van der Waals surface area contributed by atoms with Crippen LogP contribution < -0.4 is 10.1 Å². The van der Waals surface area contributed by atoms with Crippen molar-refractivity contribution < 1.29 is 14.1 Å². The Labute approximate surface area is 121 Å². The lowest BCUT2D eigenvalue weighted by atomic mass is 10.3. The Balaban J connectivity index is 2.45. The molecule has 0 radical (unpaired) electrons. The van der Waals surface area contributed by atoms with E-state index in [1.165, 1.54) is 30.3 Å². The Bertz CT molecular complexity index is 666. The normalized spacial score (nSPS) is 10.2. The number of hydrogen-bond donors (Lipinski definition) is 1. The van der Waals surface area contributed by atoms with E-state index in [4.69, 9.17) is 4.74 Å². The highest BCUT2D eigenvalue weighted by atomic mass is 79.9. The van der Waals surface area contributed by atoms with E-state index < -0.39 is 10.7 Å². The molecule has 0 aliphatic heterocycles. The van der Waals surface area contributed by atoms with Gasteiger partial charge in [0.2, 0.25) is 0 Å². The minimum absolute atomic E-state index is 0.150. The second kappa shape index (κ2) is 5.83. The molecule has 1 aromatic carbocycles. The summed E-state index contributed by atoms with van der Waals surface area (Å²) >= 11 is 3.17. The van der Waals surface area contributed by atoms with Crippen molar-refractivity contribution in [2.45, 2.75) is 0 Å². The van der Waals surface area contributed by atoms with Gasteiger partial charge >= 0.3 is 11.6 Å². The molecule has 0 fully saturated rings. The lowest BCUT2D eigenvalue weighted by molar-refractivity contribution is -0.386. The van der Waals surface area contributed by atoms with Crippen molar-refractivity contribution in [3.63, 3.8) is 0 Å². The largest absolute Gasteiger partial charge is 0.430 e. The van der Waals surface area contributed by atoms with Crippen molar-refractivity contribution in [1.82, 2.24) is 4.98 Å². The predicted octanol–water partition coefficient (Wildman–Crippen LogP) is 3.73. The first-order chi connectivity index (χ1) is 9.51. The van der Waals surface area contributed by atoms with Crippen molar-refractivity contribution in [3.8, 4) is 11.6 Å². The van der Waals surface area contributed by atoms with Crippen molar-refractivity contribution in [3.05, 3.63) is 50.7 Å². The first-order valence-electron chi connectivity index (χ1n) is 5.47. The van der Waals surface area contributed by atoms with Gasteiger partial charge in [0, 0.05) is 17.6 Å². The van der Waals surface area contributed by atoms with Crippen LogP contribution in [0.5, 0.6) is 11.6 Å². The zero-order valence-electron chi connectivity index (χ0n) is 10.3. The number of nitrogens with zero attached hydrogens (tertiary/aromatic N) is 2. The highest BCUT2D eigenvalue weighted by Crippen LogP contribution is 2.33. The predicted molar refractivity (Wildman–Crippen MR) is 74.6 cm³/mol. The summed E-state index contributed by atoms with van der Waals surface area (Å²) in [5, 5.41) is 13.7. The van der Waals surface area contributed by atoms with E-state index in [-0.39, 0.29) is 17.3 Å². The topological polar surface area (TPSA) is 77.3 Å². The average Bonchev–Trinajstić information content (AvgIpc) is 2.42. The van der Waals surface area contributed by atoms with Crippen molar-refractivity contribution >= 4 is 27.4 Å². The van der Waals surface area contributed by atoms with E-state index in [9.17, 15) is 14.5 Å². The van der Waals surface area contributed by atoms with Gasteiger partial charge < -0.3 is 10.1 Å². The number of ether oxygens (including phenoxy) is 1. The lowest BCUT2D eigenvalue weighted by Crippen LogP contribution is -2.00. The van der Waals surface area contributed by atoms with Crippen molar-refractivity contribution in [2.24, 2.45) is 0 Å². The number of rotatable bonds is 4. The number of pyridine rings is 1. The van der Waals surface area contributed by atoms with Crippen LogP contribution in [0, 0.1) is 15.9 Å². The highest BCUT2D eigenvalue weighted by molar-refractivity contribution is 9.10. The van der Waals surface area contributed by atoms with E-state index in [0.29, 0.717) is 10.3 Å². The van der Waals surface area contributed by atoms with Crippen LogP contribution in [0.15, 0.2) is 34.8 Å². The summed E-state index contributed by atoms with van der Waals surface area (Å²) in [5.74, 6) is -0.692. The number of nitrogens with one attached hydrogen (secondary N) is 1. The van der Waals surface area contributed by atoms with Gasteiger partial charge in [-0.2, -0.15) is 4.98 Å². The van der Waals surface area contributed by atoms with Crippen LogP contribution >= 0.6 is 15.9 Å². The smallest absolute Gasteiger partial charge is 0.331 e. The number of halogens is 2. The summed E-state index contributed by atoms with van der Waals surface area (Å²) in [7, 11) is 1.61. The van der Waals surface area contributed by atoms with Gasteiger partial charge in [0.05, 0.1) is 4.92 Å².